The maximum Gasteiger partial charge on any atom is 0.337 e. The molecule has 30 heavy (non-hydrogen) atoms. The van der Waals surface area contributed by atoms with Crippen LogP contribution < -0.4 is 4.80 Å². The van der Waals surface area contributed by atoms with Gasteiger partial charge in [0.2, 0.25) is 0 Å². The molecule has 1 amide bonds. The van der Waals surface area contributed by atoms with Crippen molar-refractivity contribution in [2.24, 2.45) is 4.99 Å². The molecule has 0 aliphatic rings. The van der Waals surface area contributed by atoms with Crippen LogP contribution in [0.4, 0.5) is 0 Å². The average molecular weight is 445 g/mol. The number of rotatable bonds is 7. The van der Waals surface area contributed by atoms with Crippen molar-refractivity contribution in [1.29, 1.82) is 0 Å². The van der Waals surface area contributed by atoms with Crippen molar-refractivity contribution in [1.82, 2.24) is 4.57 Å². The molecule has 0 saturated heterocycles. The number of esters is 1. The van der Waals surface area contributed by atoms with Gasteiger partial charge in [0.1, 0.15) is 0 Å². The Balaban J connectivity index is 2.00. The van der Waals surface area contributed by atoms with E-state index in [1.165, 1.54) is 18.4 Å². The normalized spacial score (nSPS) is 12.0. The summed E-state index contributed by atoms with van der Waals surface area (Å²) in [6, 6.07) is 12.8. The van der Waals surface area contributed by atoms with Gasteiger partial charge in [-0.1, -0.05) is 25.2 Å². The Hall–Kier alpha value is -2.42. The number of fused-ring (bicyclic) bond motifs is 1. The van der Waals surface area contributed by atoms with Crippen molar-refractivity contribution in [3.8, 4) is 0 Å². The topological polar surface area (TPSA) is 69.9 Å². The zero-order valence-corrected chi connectivity index (χ0v) is 19.0. The van der Waals surface area contributed by atoms with Crippen molar-refractivity contribution < 1.29 is 19.1 Å². The van der Waals surface area contributed by atoms with Gasteiger partial charge in [-0.25, -0.2) is 4.79 Å². The standard InChI is InChI=1S/C22H24N2O4S2/c1-14(2)29-17-8-5-15(6-9-17)20(25)23-22-24(11-12-27-3)18-10-7-16(21(26)28-4)13-19(18)30-22/h5-10,13-14H,11-12H2,1-4H3. The first-order valence-electron chi connectivity index (χ1n) is 9.49. The van der Waals surface area contributed by atoms with Crippen LogP contribution in [0.15, 0.2) is 52.4 Å². The van der Waals surface area contributed by atoms with Crippen LogP contribution in [-0.4, -0.2) is 42.5 Å². The van der Waals surface area contributed by atoms with E-state index in [4.69, 9.17) is 9.47 Å². The summed E-state index contributed by atoms with van der Waals surface area (Å²) in [5.74, 6) is -0.704. The summed E-state index contributed by atoms with van der Waals surface area (Å²) in [5, 5.41) is 0.476. The van der Waals surface area contributed by atoms with Gasteiger partial charge in [0.05, 0.1) is 29.5 Å². The number of methoxy groups -OCH3 is 2. The number of thioether (sulfide) groups is 1. The van der Waals surface area contributed by atoms with E-state index in [1.807, 2.05) is 22.8 Å². The average Bonchev–Trinajstić information content (AvgIpc) is 3.07. The number of carbonyl (C=O) groups excluding carboxylic acids is 2. The summed E-state index contributed by atoms with van der Waals surface area (Å²) >= 11 is 3.11. The third-order valence-electron chi connectivity index (χ3n) is 4.29. The Morgan fingerprint density at radius 1 is 1.10 bits per heavy atom. The zero-order chi connectivity index (χ0) is 21.7. The van der Waals surface area contributed by atoms with Gasteiger partial charge < -0.3 is 14.0 Å². The molecule has 0 saturated carbocycles. The van der Waals surface area contributed by atoms with Crippen LogP contribution in [0.25, 0.3) is 10.2 Å². The Kier molecular flexibility index (Phi) is 7.47. The molecule has 0 N–H and O–H groups in total. The number of carbonyl (C=O) groups is 2. The monoisotopic (exact) mass is 444 g/mol. The zero-order valence-electron chi connectivity index (χ0n) is 17.4. The molecular formula is C22H24N2O4S2. The van der Waals surface area contributed by atoms with E-state index >= 15 is 0 Å². The molecule has 0 aliphatic heterocycles. The van der Waals surface area contributed by atoms with Crippen LogP contribution in [0.5, 0.6) is 0 Å². The molecule has 2 aromatic carbocycles. The van der Waals surface area contributed by atoms with Crippen LogP contribution in [-0.2, 0) is 16.0 Å². The summed E-state index contributed by atoms with van der Waals surface area (Å²) in [7, 11) is 2.98. The molecular weight excluding hydrogens is 420 g/mol. The second-order valence-electron chi connectivity index (χ2n) is 6.81. The van der Waals surface area contributed by atoms with Crippen LogP contribution in [0.2, 0.25) is 0 Å². The molecule has 1 heterocycles. The van der Waals surface area contributed by atoms with Gasteiger partial charge in [0.25, 0.3) is 5.91 Å². The van der Waals surface area contributed by atoms with Gasteiger partial charge in [-0.2, -0.15) is 4.99 Å². The minimum Gasteiger partial charge on any atom is -0.465 e. The molecule has 0 bridgehead atoms. The van der Waals surface area contributed by atoms with E-state index in [9.17, 15) is 9.59 Å². The number of ether oxygens (including phenoxy) is 2. The van der Waals surface area contributed by atoms with Gasteiger partial charge in [0.15, 0.2) is 4.80 Å². The highest BCUT2D eigenvalue weighted by Gasteiger charge is 2.13. The lowest BCUT2D eigenvalue weighted by atomic mass is 10.2. The van der Waals surface area contributed by atoms with E-state index in [0.717, 1.165) is 15.1 Å². The minimum atomic E-state index is -0.400. The third kappa shape index (κ3) is 5.19. The van der Waals surface area contributed by atoms with Crippen molar-refractivity contribution in [3.63, 3.8) is 0 Å². The molecule has 0 spiro atoms. The molecule has 8 heteroatoms. The summed E-state index contributed by atoms with van der Waals surface area (Å²) < 4.78 is 12.8. The molecule has 3 rings (SSSR count). The second kappa shape index (κ2) is 10.1. The Bertz CT molecular complexity index is 1110. The molecule has 6 nitrogen and oxygen atoms in total. The number of aromatic nitrogens is 1. The van der Waals surface area contributed by atoms with Crippen LogP contribution in [0, 0.1) is 0 Å². The Labute approximate surface area is 183 Å². The molecule has 0 aliphatic carbocycles. The molecule has 0 atom stereocenters. The highest BCUT2D eigenvalue weighted by Crippen LogP contribution is 2.23. The lowest BCUT2D eigenvalue weighted by Crippen LogP contribution is -2.19. The summed E-state index contributed by atoms with van der Waals surface area (Å²) in [4.78, 5) is 30.7. The van der Waals surface area contributed by atoms with E-state index in [1.54, 1.807) is 43.1 Å². The summed E-state index contributed by atoms with van der Waals surface area (Å²) in [6.45, 7) is 5.28. The smallest absolute Gasteiger partial charge is 0.337 e. The van der Waals surface area contributed by atoms with Gasteiger partial charge in [-0.15, -0.1) is 11.8 Å². The second-order valence-corrected chi connectivity index (χ2v) is 9.47. The lowest BCUT2D eigenvalue weighted by molar-refractivity contribution is 0.0600. The van der Waals surface area contributed by atoms with Gasteiger partial charge in [-0.3, -0.25) is 4.79 Å². The number of amides is 1. The first-order valence-corrected chi connectivity index (χ1v) is 11.2. The maximum absolute atomic E-state index is 12.8. The highest BCUT2D eigenvalue weighted by molar-refractivity contribution is 7.99. The molecule has 0 radical (unpaired) electrons. The minimum absolute atomic E-state index is 0.304. The SMILES string of the molecule is COCCn1c(=NC(=O)c2ccc(SC(C)C)cc2)sc2cc(C(=O)OC)ccc21. The fourth-order valence-corrected chi connectivity index (χ4v) is 4.83. The van der Waals surface area contributed by atoms with Crippen LogP contribution in [0.3, 0.4) is 0 Å². The molecule has 0 unspecified atom stereocenters. The highest BCUT2D eigenvalue weighted by atomic mass is 32.2. The summed E-state index contributed by atoms with van der Waals surface area (Å²) in [6.07, 6.45) is 0. The molecule has 1 aromatic heterocycles. The predicted molar refractivity (Wildman–Crippen MR) is 120 cm³/mol. The van der Waals surface area contributed by atoms with Crippen molar-refractivity contribution in [2.45, 2.75) is 30.5 Å². The number of thiazole rings is 1. The number of benzene rings is 2. The number of hydrogen-bond donors (Lipinski definition) is 0. The van der Waals surface area contributed by atoms with Gasteiger partial charge in [0, 0.05) is 29.4 Å². The van der Waals surface area contributed by atoms with E-state index in [0.29, 0.717) is 34.3 Å². The quantitative estimate of drug-likeness (QED) is 0.400. The van der Waals surface area contributed by atoms with E-state index < -0.39 is 5.97 Å². The molecule has 0 fully saturated rings. The Morgan fingerprint density at radius 3 is 2.43 bits per heavy atom. The largest absolute Gasteiger partial charge is 0.465 e. The van der Waals surface area contributed by atoms with Crippen LogP contribution >= 0.6 is 23.1 Å². The summed E-state index contributed by atoms with van der Waals surface area (Å²) in [5.41, 5.74) is 1.88. The number of nitrogens with zero attached hydrogens (tertiary/aromatic N) is 2. The fraction of sp³-hybridized carbons (Fsp3) is 0.318. The first-order chi connectivity index (χ1) is 14.4. The predicted octanol–water partition coefficient (Wildman–Crippen LogP) is 4.38. The van der Waals surface area contributed by atoms with Crippen LogP contribution in [0.1, 0.15) is 34.6 Å². The first kappa shape index (κ1) is 22.3. The van der Waals surface area contributed by atoms with E-state index in [-0.39, 0.29) is 5.91 Å². The third-order valence-corrected chi connectivity index (χ3v) is 6.35. The number of hydrogen-bond acceptors (Lipinski definition) is 6. The maximum atomic E-state index is 12.8. The van der Waals surface area contributed by atoms with Gasteiger partial charge >= 0.3 is 5.97 Å². The van der Waals surface area contributed by atoms with Crippen molar-refractivity contribution in [2.75, 3.05) is 20.8 Å². The van der Waals surface area contributed by atoms with Gasteiger partial charge in [-0.05, 0) is 42.5 Å². The lowest BCUT2D eigenvalue weighted by Gasteiger charge is -2.05. The molecule has 3 aromatic rings. The molecule has 158 valence electrons. The fourth-order valence-electron chi connectivity index (χ4n) is 2.90. The Morgan fingerprint density at radius 2 is 1.80 bits per heavy atom. The van der Waals surface area contributed by atoms with Crippen molar-refractivity contribution in [3.05, 3.63) is 58.4 Å². The van der Waals surface area contributed by atoms with Crippen molar-refractivity contribution >= 4 is 45.2 Å². The van der Waals surface area contributed by atoms with E-state index in [2.05, 4.69) is 18.8 Å².